The van der Waals surface area contributed by atoms with E-state index < -0.39 is 0 Å². The summed E-state index contributed by atoms with van der Waals surface area (Å²) in [6.07, 6.45) is 8.11. The lowest BCUT2D eigenvalue weighted by Crippen LogP contribution is -2.45. The summed E-state index contributed by atoms with van der Waals surface area (Å²) in [5.41, 5.74) is 0. The Morgan fingerprint density at radius 1 is 1.32 bits per heavy atom. The molecule has 25 heavy (non-hydrogen) atoms. The minimum absolute atomic E-state index is 0. The van der Waals surface area contributed by atoms with Crippen LogP contribution < -0.4 is 10.6 Å². The van der Waals surface area contributed by atoms with E-state index in [4.69, 9.17) is 0 Å². The lowest BCUT2D eigenvalue weighted by molar-refractivity contribution is 0.125. The molecule has 0 bridgehead atoms. The third kappa shape index (κ3) is 6.40. The molecule has 1 aromatic rings. The van der Waals surface area contributed by atoms with Crippen molar-refractivity contribution in [1.82, 2.24) is 15.5 Å². The van der Waals surface area contributed by atoms with Gasteiger partial charge in [-0.3, -0.25) is 9.89 Å². The van der Waals surface area contributed by atoms with Gasteiger partial charge in [0.1, 0.15) is 0 Å². The number of aliphatic imine (C=N–C) groups is 1. The minimum atomic E-state index is 0. The molecule has 1 saturated carbocycles. The number of guanidine groups is 1. The van der Waals surface area contributed by atoms with Crippen molar-refractivity contribution in [3.05, 3.63) is 22.4 Å². The molecule has 0 amide bonds. The van der Waals surface area contributed by atoms with E-state index in [0.717, 1.165) is 25.0 Å². The summed E-state index contributed by atoms with van der Waals surface area (Å²) in [6, 6.07) is 5.00. The summed E-state index contributed by atoms with van der Waals surface area (Å²) in [6.45, 7) is 3.23. The largest absolute Gasteiger partial charge is 0.356 e. The smallest absolute Gasteiger partial charge is 0.190 e. The molecule has 0 radical (unpaired) electrons. The second-order valence-corrected chi connectivity index (χ2v) is 8.29. The molecule has 2 atom stereocenters. The SMILES string of the molecule is CN=C(NCCCC1CC1)NCC1CCCN(C)C1c1cccs1.I. The van der Waals surface area contributed by atoms with Crippen LogP contribution in [-0.2, 0) is 0 Å². The number of nitrogens with one attached hydrogen (secondary N) is 2. The molecule has 4 nitrogen and oxygen atoms in total. The Morgan fingerprint density at radius 3 is 2.84 bits per heavy atom. The van der Waals surface area contributed by atoms with Gasteiger partial charge in [0.05, 0.1) is 0 Å². The third-order valence-corrected chi connectivity index (χ3v) is 6.32. The second kappa shape index (κ2) is 10.7. The van der Waals surface area contributed by atoms with Crippen molar-refractivity contribution in [3.63, 3.8) is 0 Å². The van der Waals surface area contributed by atoms with Crippen LogP contribution in [0.25, 0.3) is 0 Å². The third-order valence-electron chi connectivity index (χ3n) is 5.38. The predicted molar refractivity (Wildman–Crippen MR) is 119 cm³/mol. The maximum Gasteiger partial charge on any atom is 0.190 e. The molecule has 142 valence electrons. The van der Waals surface area contributed by atoms with Crippen molar-refractivity contribution >= 4 is 41.3 Å². The standard InChI is InChI=1S/C19H32N4S.HI/c1-20-19(21-11-3-6-15-9-10-15)22-14-16-7-4-12-23(2)18(16)17-8-5-13-24-17;/h5,8,13,15-16,18H,3-4,6-7,9-12,14H2,1-2H3,(H2,20,21,22);1H. The van der Waals surface area contributed by atoms with Crippen molar-refractivity contribution < 1.29 is 0 Å². The molecule has 1 aliphatic carbocycles. The van der Waals surface area contributed by atoms with E-state index in [9.17, 15) is 0 Å². The molecule has 2 unspecified atom stereocenters. The summed E-state index contributed by atoms with van der Waals surface area (Å²) in [5.74, 6) is 2.63. The van der Waals surface area contributed by atoms with Gasteiger partial charge in [-0.15, -0.1) is 35.3 Å². The lowest BCUT2D eigenvalue weighted by atomic mass is 9.88. The molecule has 0 aromatic carbocycles. The van der Waals surface area contributed by atoms with E-state index in [1.807, 2.05) is 18.4 Å². The van der Waals surface area contributed by atoms with Crippen LogP contribution in [0.3, 0.4) is 0 Å². The summed E-state index contributed by atoms with van der Waals surface area (Å²) < 4.78 is 0. The van der Waals surface area contributed by atoms with Gasteiger partial charge in [0.25, 0.3) is 0 Å². The second-order valence-electron chi connectivity index (χ2n) is 7.31. The number of thiophene rings is 1. The first-order chi connectivity index (χ1) is 11.8. The first-order valence-corrected chi connectivity index (χ1v) is 10.3. The number of halogens is 1. The Bertz CT molecular complexity index is 516. The molecular weight excluding hydrogens is 443 g/mol. The summed E-state index contributed by atoms with van der Waals surface area (Å²) in [4.78, 5) is 8.41. The van der Waals surface area contributed by atoms with E-state index >= 15 is 0 Å². The van der Waals surface area contributed by atoms with Crippen molar-refractivity contribution in [1.29, 1.82) is 0 Å². The Labute approximate surface area is 173 Å². The molecule has 3 rings (SSSR count). The zero-order chi connectivity index (χ0) is 16.8. The number of piperidine rings is 1. The fourth-order valence-electron chi connectivity index (χ4n) is 3.83. The van der Waals surface area contributed by atoms with E-state index in [1.54, 1.807) is 0 Å². The highest BCUT2D eigenvalue weighted by Crippen LogP contribution is 2.36. The van der Waals surface area contributed by atoms with E-state index in [-0.39, 0.29) is 24.0 Å². The molecule has 2 fully saturated rings. The van der Waals surface area contributed by atoms with Crippen LogP contribution in [-0.4, -0.2) is 44.6 Å². The number of hydrogen-bond acceptors (Lipinski definition) is 3. The highest BCUT2D eigenvalue weighted by atomic mass is 127. The maximum absolute atomic E-state index is 4.39. The van der Waals surface area contributed by atoms with Crippen LogP contribution in [0.1, 0.15) is 49.4 Å². The Morgan fingerprint density at radius 2 is 2.16 bits per heavy atom. The normalized spacial score (nSPS) is 24.6. The molecule has 1 saturated heterocycles. The number of nitrogens with zero attached hydrogens (tertiary/aromatic N) is 2. The van der Waals surface area contributed by atoms with E-state index in [1.165, 1.54) is 49.9 Å². The fourth-order valence-corrected chi connectivity index (χ4v) is 4.82. The first-order valence-electron chi connectivity index (χ1n) is 9.46. The molecule has 1 aliphatic heterocycles. The summed E-state index contributed by atoms with van der Waals surface area (Å²) >= 11 is 1.89. The van der Waals surface area contributed by atoms with Crippen LogP contribution in [0.5, 0.6) is 0 Å². The quantitative estimate of drug-likeness (QED) is 0.270. The van der Waals surface area contributed by atoms with Crippen molar-refractivity contribution in [2.45, 2.75) is 44.6 Å². The van der Waals surface area contributed by atoms with Crippen LogP contribution in [0.4, 0.5) is 0 Å². The lowest BCUT2D eigenvalue weighted by Gasteiger charge is -2.39. The number of hydrogen-bond donors (Lipinski definition) is 2. The molecule has 0 spiro atoms. The Hall–Kier alpha value is -0.340. The summed E-state index contributed by atoms with van der Waals surface area (Å²) in [5, 5.41) is 9.25. The van der Waals surface area contributed by atoms with Gasteiger partial charge in [-0.25, -0.2) is 0 Å². The van der Waals surface area contributed by atoms with Gasteiger partial charge in [0.15, 0.2) is 5.96 Å². The molecule has 6 heteroatoms. The topological polar surface area (TPSA) is 39.7 Å². The van der Waals surface area contributed by atoms with E-state index in [0.29, 0.717) is 12.0 Å². The zero-order valence-corrected chi connectivity index (χ0v) is 18.7. The molecular formula is C19H33IN4S. The van der Waals surface area contributed by atoms with Crippen molar-refractivity contribution in [3.8, 4) is 0 Å². The van der Waals surface area contributed by atoms with Crippen LogP contribution in [0, 0.1) is 11.8 Å². The number of rotatable bonds is 7. The Kier molecular flexibility index (Phi) is 8.99. The average Bonchev–Trinajstić information content (AvgIpc) is 3.26. The molecule has 1 aromatic heterocycles. The first kappa shape index (κ1) is 21.0. The van der Waals surface area contributed by atoms with Gasteiger partial charge >= 0.3 is 0 Å². The van der Waals surface area contributed by atoms with Crippen LogP contribution in [0.2, 0.25) is 0 Å². The van der Waals surface area contributed by atoms with E-state index in [2.05, 4.69) is 45.1 Å². The van der Waals surface area contributed by atoms with Crippen LogP contribution >= 0.6 is 35.3 Å². The fraction of sp³-hybridized carbons (Fsp3) is 0.737. The maximum atomic E-state index is 4.39. The van der Waals surface area contributed by atoms with Gasteiger partial charge in [-0.05, 0) is 62.6 Å². The molecule has 2 aliphatic rings. The highest BCUT2D eigenvalue weighted by molar-refractivity contribution is 14.0. The summed E-state index contributed by atoms with van der Waals surface area (Å²) in [7, 11) is 4.14. The monoisotopic (exact) mass is 476 g/mol. The van der Waals surface area contributed by atoms with Gasteiger partial charge in [0, 0.05) is 31.1 Å². The minimum Gasteiger partial charge on any atom is -0.356 e. The van der Waals surface area contributed by atoms with Gasteiger partial charge < -0.3 is 10.6 Å². The van der Waals surface area contributed by atoms with Gasteiger partial charge in [0.2, 0.25) is 0 Å². The Balaban J connectivity index is 0.00000225. The molecule has 2 heterocycles. The van der Waals surface area contributed by atoms with Crippen LogP contribution in [0.15, 0.2) is 22.5 Å². The van der Waals surface area contributed by atoms with Crippen molar-refractivity contribution in [2.24, 2.45) is 16.8 Å². The average molecular weight is 476 g/mol. The van der Waals surface area contributed by atoms with Crippen molar-refractivity contribution in [2.75, 3.05) is 33.7 Å². The molecule has 2 N–H and O–H groups in total. The number of likely N-dealkylation sites (tertiary alicyclic amines) is 1. The van der Waals surface area contributed by atoms with Gasteiger partial charge in [-0.2, -0.15) is 0 Å². The predicted octanol–water partition coefficient (Wildman–Crippen LogP) is 4.10. The zero-order valence-electron chi connectivity index (χ0n) is 15.5. The highest BCUT2D eigenvalue weighted by Gasteiger charge is 2.31. The van der Waals surface area contributed by atoms with Gasteiger partial charge in [-0.1, -0.05) is 18.9 Å².